The number of halogens is 1. The highest BCUT2D eigenvalue weighted by atomic mass is 79.9. The smallest absolute Gasteiger partial charge is 0.252 e. The molecule has 1 aromatic heterocycles. The highest BCUT2D eigenvalue weighted by Gasteiger charge is 2.18. The van der Waals surface area contributed by atoms with E-state index in [1.54, 1.807) is 18.2 Å². The van der Waals surface area contributed by atoms with Gasteiger partial charge in [0.25, 0.3) is 5.91 Å². The molecular formula is C18H23BrN2O4S. The first-order valence-corrected chi connectivity index (χ1v) is 10.8. The van der Waals surface area contributed by atoms with Gasteiger partial charge in [-0.3, -0.25) is 4.79 Å². The Hall–Kier alpha value is -1.64. The lowest BCUT2D eigenvalue weighted by molar-refractivity contribution is 0.0952. The Kier molecular flexibility index (Phi) is 7.86. The fraction of sp³-hybridized carbons (Fsp3) is 0.389. The van der Waals surface area contributed by atoms with Gasteiger partial charge in [-0.2, -0.15) is 0 Å². The minimum Gasteiger partial charge on any atom is -0.468 e. The molecule has 142 valence electrons. The molecule has 26 heavy (non-hydrogen) atoms. The Morgan fingerprint density at radius 2 is 2.00 bits per heavy atom. The van der Waals surface area contributed by atoms with Crippen molar-refractivity contribution in [2.24, 2.45) is 0 Å². The van der Waals surface area contributed by atoms with E-state index in [-0.39, 0.29) is 17.3 Å². The van der Waals surface area contributed by atoms with Gasteiger partial charge in [-0.1, -0.05) is 26.2 Å². The topological polar surface area (TPSA) is 88.4 Å². The van der Waals surface area contributed by atoms with Crippen LogP contribution < -0.4 is 10.0 Å². The number of rotatable bonds is 10. The molecule has 0 atom stereocenters. The second kappa shape index (κ2) is 9.89. The van der Waals surface area contributed by atoms with Gasteiger partial charge in [0.05, 0.1) is 23.3 Å². The molecule has 8 heteroatoms. The number of hydrogen-bond donors (Lipinski definition) is 2. The Bertz CT molecular complexity index is 820. The van der Waals surface area contributed by atoms with Gasteiger partial charge in [0.1, 0.15) is 5.76 Å². The van der Waals surface area contributed by atoms with Gasteiger partial charge in [0.2, 0.25) is 10.0 Å². The summed E-state index contributed by atoms with van der Waals surface area (Å²) in [6.07, 6.45) is 5.70. The van der Waals surface area contributed by atoms with Crippen molar-refractivity contribution in [3.8, 4) is 0 Å². The van der Waals surface area contributed by atoms with Crippen LogP contribution in [0.25, 0.3) is 0 Å². The van der Waals surface area contributed by atoms with E-state index < -0.39 is 10.0 Å². The number of benzene rings is 1. The fourth-order valence-corrected chi connectivity index (χ4v) is 3.80. The molecule has 1 amide bonds. The van der Waals surface area contributed by atoms with E-state index in [4.69, 9.17) is 4.42 Å². The van der Waals surface area contributed by atoms with E-state index in [1.165, 1.54) is 18.4 Å². The summed E-state index contributed by atoms with van der Waals surface area (Å²) in [6, 6.07) is 7.75. The third-order valence-electron chi connectivity index (χ3n) is 3.83. The molecule has 0 saturated carbocycles. The van der Waals surface area contributed by atoms with E-state index in [0.717, 1.165) is 25.7 Å². The maximum atomic E-state index is 12.4. The molecule has 0 unspecified atom stereocenters. The van der Waals surface area contributed by atoms with Crippen molar-refractivity contribution in [1.82, 2.24) is 10.0 Å². The van der Waals surface area contributed by atoms with Crippen LogP contribution >= 0.6 is 15.9 Å². The van der Waals surface area contributed by atoms with Crippen molar-refractivity contribution in [2.45, 2.75) is 44.0 Å². The lowest BCUT2D eigenvalue weighted by Gasteiger charge is -2.10. The van der Waals surface area contributed by atoms with Crippen LogP contribution in [0.4, 0.5) is 0 Å². The van der Waals surface area contributed by atoms with Gasteiger partial charge in [0, 0.05) is 11.0 Å². The van der Waals surface area contributed by atoms with Crippen LogP contribution in [-0.4, -0.2) is 20.9 Å². The van der Waals surface area contributed by atoms with Crippen LogP contribution in [0.3, 0.4) is 0 Å². The predicted molar refractivity (Wildman–Crippen MR) is 103 cm³/mol. The first kappa shape index (κ1) is 20.7. The molecule has 0 aliphatic carbocycles. The lowest BCUT2D eigenvalue weighted by atomic mass is 10.2. The molecule has 6 nitrogen and oxygen atoms in total. The number of hydrogen-bond acceptors (Lipinski definition) is 4. The van der Waals surface area contributed by atoms with Gasteiger partial charge in [0.15, 0.2) is 0 Å². The molecule has 0 spiro atoms. The number of carbonyl (C=O) groups excluding carboxylic acids is 1. The molecule has 2 N–H and O–H groups in total. The number of sulfonamides is 1. The van der Waals surface area contributed by atoms with Crippen LogP contribution in [0, 0.1) is 0 Å². The summed E-state index contributed by atoms with van der Waals surface area (Å²) in [5.41, 5.74) is 0.293. The Morgan fingerprint density at radius 1 is 1.19 bits per heavy atom. The first-order valence-electron chi connectivity index (χ1n) is 8.54. The average molecular weight is 443 g/mol. The summed E-state index contributed by atoms with van der Waals surface area (Å²) >= 11 is 3.31. The quantitative estimate of drug-likeness (QED) is 0.547. The Morgan fingerprint density at radius 3 is 2.69 bits per heavy atom. The van der Waals surface area contributed by atoms with Crippen molar-refractivity contribution in [3.05, 3.63) is 52.4 Å². The first-order chi connectivity index (χ1) is 12.4. The highest BCUT2D eigenvalue weighted by molar-refractivity contribution is 9.10. The minimum atomic E-state index is -3.75. The van der Waals surface area contributed by atoms with Crippen LogP contribution in [0.5, 0.6) is 0 Å². The molecule has 0 radical (unpaired) electrons. The molecule has 1 heterocycles. The van der Waals surface area contributed by atoms with Crippen LogP contribution in [-0.2, 0) is 16.6 Å². The average Bonchev–Trinajstić information content (AvgIpc) is 3.13. The molecule has 2 rings (SSSR count). The summed E-state index contributed by atoms with van der Waals surface area (Å²) < 4.78 is 33.0. The normalized spacial score (nSPS) is 11.5. The van der Waals surface area contributed by atoms with Crippen LogP contribution in [0.1, 0.15) is 48.7 Å². The number of carbonyl (C=O) groups is 1. The van der Waals surface area contributed by atoms with Crippen LogP contribution in [0.15, 0.2) is 50.4 Å². The highest BCUT2D eigenvalue weighted by Crippen LogP contribution is 2.21. The molecule has 2 aromatic rings. The van der Waals surface area contributed by atoms with E-state index in [1.807, 2.05) is 0 Å². The molecule has 0 aliphatic heterocycles. The summed E-state index contributed by atoms with van der Waals surface area (Å²) in [5, 5.41) is 2.83. The number of unbranched alkanes of at least 4 members (excludes halogenated alkanes) is 3. The summed E-state index contributed by atoms with van der Waals surface area (Å²) in [6.45, 7) is 2.74. The van der Waals surface area contributed by atoms with Crippen molar-refractivity contribution < 1.29 is 17.6 Å². The second-order valence-corrected chi connectivity index (χ2v) is 8.48. The molecule has 0 aliphatic rings. The van der Waals surface area contributed by atoms with E-state index in [0.29, 0.717) is 22.3 Å². The van der Waals surface area contributed by atoms with Gasteiger partial charge in [-0.05, 0) is 52.7 Å². The predicted octanol–water partition coefficient (Wildman–Crippen LogP) is 3.83. The maximum Gasteiger partial charge on any atom is 0.252 e. The summed E-state index contributed by atoms with van der Waals surface area (Å²) in [4.78, 5) is 12.4. The van der Waals surface area contributed by atoms with E-state index in [9.17, 15) is 13.2 Å². The molecule has 0 fully saturated rings. The Balaban J connectivity index is 2.04. The monoisotopic (exact) mass is 442 g/mol. The van der Waals surface area contributed by atoms with Gasteiger partial charge >= 0.3 is 0 Å². The number of amides is 1. The molecule has 0 saturated heterocycles. The summed E-state index contributed by atoms with van der Waals surface area (Å²) in [7, 11) is -3.75. The van der Waals surface area contributed by atoms with Gasteiger partial charge in [-0.25, -0.2) is 13.1 Å². The maximum absolute atomic E-state index is 12.4. The lowest BCUT2D eigenvalue weighted by Crippen LogP contribution is -2.26. The third-order valence-corrected chi connectivity index (χ3v) is 5.92. The zero-order valence-corrected chi connectivity index (χ0v) is 17.0. The van der Waals surface area contributed by atoms with Crippen molar-refractivity contribution in [1.29, 1.82) is 0 Å². The number of furan rings is 1. The Labute approximate surface area is 162 Å². The zero-order chi connectivity index (χ0) is 19.0. The second-order valence-electron chi connectivity index (χ2n) is 5.86. The van der Waals surface area contributed by atoms with E-state index in [2.05, 4.69) is 32.9 Å². The van der Waals surface area contributed by atoms with Crippen LogP contribution in [0.2, 0.25) is 0 Å². The summed E-state index contributed by atoms with van der Waals surface area (Å²) in [5.74, 6) is 0.215. The minimum absolute atomic E-state index is 0.0309. The third kappa shape index (κ3) is 5.96. The molecule has 1 aromatic carbocycles. The standard InChI is InChI=1S/C18H23BrN2O4S/c1-2-3-4-5-10-20-18(22)16-12-15(8-9-17(16)19)26(23,24)21-13-14-7-6-11-25-14/h6-9,11-12,21H,2-5,10,13H2,1H3,(H,20,22). The molecular weight excluding hydrogens is 420 g/mol. The van der Waals surface area contributed by atoms with Gasteiger partial charge in [-0.15, -0.1) is 0 Å². The zero-order valence-electron chi connectivity index (χ0n) is 14.6. The fourth-order valence-electron chi connectivity index (χ4n) is 2.36. The van der Waals surface area contributed by atoms with Crippen molar-refractivity contribution in [3.63, 3.8) is 0 Å². The molecule has 0 bridgehead atoms. The van der Waals surface area contributed by atoms with Gasteiger partial charge < -0.3 is 9.73 Å². The van der Waals surface area contributed by atoms with E-state index >= 15 is 0 Å². The van der Waals surface area contributed by atoms with Crippen molar-refractivity contribution in [2.75, 3.05) is 6.54 Å². The number of nitrogens with one attached hydrogen (secondary N) is 2. The SMILES string of the molecule is CCCCCCNC(=O)c1cc(S(=O)(=O)NCc2ccco2)ccc1Br. The van der Waals surface area contributed by atoms with Crippen molar-refractivity contribution >= 4 is 31.9 Å². The largest absolute Gasteiger partial charge is 0.468 e.